The van der Waals surface area contributed by atoms with E-state index in [4.69, 9.17) is 0 Å². The molecule has 2 saturated heterocycles. The summed E-state index contributed by atoms with van der Waals surface area (Å²) in [6.45, 7) is 0. The number of anilines is 1. The van der Waals surface area contributed by atoms with Crippen molar-refractivity contribution in [2.75, 3.05) is 4.90 Å². The number of carboxylic acids is 1. The van der Waals surface area contributed by atoms with Crippen molar-refractivity contribution in [3.63, 3.8) is 0 Å². The van der Waals surface area contributed by atoms with Crippen LogP contribution in [0.1, 0.15) is 11.6 Å². The van der Waals surface area contributed by atoms with E-state index in [9.17, 15) is 29.0 Å². The predicted molar refractivity (Wildman–Crippen MR) is 91.3 cm³/mol. The first-order valence-corrected chi connectivity index (χ1v) is 8.30. The number of phenols is 1. The Kier molecular flexibility index (Phi) is 3.92. The molecular formula is C19H15FN2O5. The number of halogens is 1. The normalized spacial score (nSPS) is 27.1. The molecule has 0 bridgehead atoms. The van der Waals surface area contributed by atoms with Gasteiger partial charge < -0.3 is 10.2 Å². The van der Waals surface area contributed by atoms with Gasteiger partial charge in [0.2, 0.25) is 11.8 Å². The van der Waals surface area contributed by atoms with Gasteiger partial charge in [-0.05, 0) is 24.3 Å². The Morgan fingerprint density at radius 1 is 1.04 bits per heavy atom. The Labute approximate surface area is 153 Å². The van der Waals surface area contributed by atoms with Crippen LogP contribution in [-0.2, 0) is 14.4 Å². The minimum Gasteiger partial charge on any atom is -0.508 e. The van der Waals surface area contributed by atoms with Crippen LogP contribution in [-0.4, -0.2) is 34.0 Å². The summed E-state index contributed by atoms with van der Waals surface area (Å²) in [5.41, 5.74) is 0.387. The molecule has 8 heteroatoms. The summed E-state index contributed by atoms with van der Waals surface area (Å²) in [5.74, 6) is -5.49. The van der Waals surface area contributed by atoms with Gasteiger partial charge in [-0.1, -0.05) is 24.3 Å². The molecule has 0 aliphatic carbocycles. The van der Waals surface area contributed by atoms with E-state index >= 15 is 0 Å². The van der Waals surface area contributed by atoms with Gasteiger partial charge >= 0.3 is 5.97 Å². The number of fused-ring (bicyclic) bond motifs is 1. The maximum Gasteiger partial charge on any atom is 0.321 e. The first-order chi connectivity index (χ1) is 12.9. The second-order valence-corrected chi connectivity index (χ2v) is 6.56. The highest BCUT2D eigenvalue weighted by Gasteiger charge is 2.61. The number of imide groups is 1. The third-order valence-electron chi connectivity index (χ3n) is 5.08. The molecule has 0 radical (unpaired) electrons. The number of nitrogens with zero attached hydrogens (tertiary/aromatic N) is 1. The SMILES string of the molecule is O=C(O)[C@@H]1N[C@H](c2ccccc2O)[C@@H]2C(=O)N(c3cccc(F)c3)C(=O)[C@H]21. The van der Waals surface area contributed by atoms with Gasteiger partial charge in [-0.25, -0.2) is 9.29 Å². The van der Waals surface area contributed by atoms with Gasteiger partial charge in [0.15, 0.2) is 0 Å². The lowest BCUT2D eigenvalue weighted by Crippen LogP contribution is -2.43. The maximum atomic E-state index is 13.6. The summed E-state index contributed by atoms with van der Waals surface area (Å²) >= 11 is 0. The van der Waals surface area contributed by atoms with Crippen LogP contribution in [0.5, 0.6) is 5.75 Å². The number of para-hydroxylation sites is 1. The van der Waals surface area contributed by atoms with Crippen molar-refractivity contribution < 1.29 is 29.0 Å². The van der Waals surface area contributed by atoms with Crippen molar-refractivity contribution >= 4 is 23.5 Å². The maximum absolute atomic E-state index is 13.6. The van der Waals surface area contributed by atoms with Crippen molar-refractivity contribution in [1.29, 1.82) is 0 Å². The number of aromatic hydroxyl groups is 1. The van der Waals surface area contributed by atoms with E-state index < -0.39 is 47.5 Å². The van der Waals surface area contributed by atoms with Crippen LogP contribution in [0.3, 0.4) is 0 Å². The largest absolute Gasteiger partial charge is 0.508 e. The molecule has 7 nitrogen and oxygen atoms in total. The van der Waals surface area contributed by atoms with Crippen molar-refractivity contribution in [1.82, 2.24) is 5.32 Å². The Balaban J connectivity index is 1.80. The minimum atomic E-state index is -1.30. The summed E-state index contributed by atoms with van der Waals surface area (Å²) in [5, 5.41) is 22.5. The summed E-state index contributed by atoms with van der Waals surface area (Å²) in [4.78, 5) is 38.5. The number of benzene rings is 2. The van der Waals surface area contributed by atoms with Gasteiger partial charge in [0.1, 0.15) is 17.6 Å². The second-order valence-electron chi connectivity index (χ2n) is 6.56. The Morgan fingerprint density at radius 2 is 1.74 bits per heavy atom. The van der Waals surface area contributed by atoms with E-state index in [1.54, 1.807) is 18.2 Å². The van der Waals surface area contributed by atoms with Gasteiger partial charge in [-0.15, -0.1) is 0 Å². The number of phenolic OH excluding ortho intramolecular Hbond substituents is 1. The molecular weight excluding hydrogens is 355 g/mol. The fraction of sp³-hybridized carbons (Fsp3) is 0.211. The first-order valence-electron chi connectivity index (χ1n) is 8.30. The molecule has 0 unspecified atom stereocenters. The Hall–Kier alpha value is -3.26. The highest BCUT2D eigenvalue weighted by Crippen LogP contribution is 2.46. The third-order valence-corrected chi connectivity index (χ3v) is 5.08. The summed E-state index contributed by atoms with van der Waals surface area (Å²) in [6, 6.07) is 9.10. The molecule has 0 aromatic heterocycles. The molecule has 0 spiro atoms. The summed E-state index contributed by atoms with van der Waals surface area (Å²) < 4.78 is 13.6. The van der Waals surface area contributed by atoms with E-state index in [-0.39, 0.29) is 11.4 Å². The molecule has 4 rings (SSSR count). The molecule has 2 aliphatic rings. The van der Waals surface area contributed by atoms with Crippen LogP contribution in [0, 0.1) is 17.7 Å². The van der Waals surface area contributed by atoms with Gasteiger partial charge in [0, 0.05) is 11.6 Å². The quantitative estimate of drug-likeness (QED) is 0.706. The number of amides is 2. The number of aliphatic carboxylic acids is 1. The first kappa shape index (κ1) is 17.2. The number of hydrogen-bond donors (Lipinski definition) is 3. The molecule has 2 amide bonds. The van der Waals surface area contributed by atoms with E-state index in [1.165, 1.54) is 24.3 Å². The van der Waals surface area contributed by atoms with Crippen LogP contribution in [0.2, 0.25) is 0 Å². The van der Waals surface area contributed by atoms with Crippen LogP contribution >= 0.6 is 0 Å². The summed E-state index contributed by atoms with van der Waals surface area (Å²) in [6.07, 6.45) is 0. The van der Waals surface area contributed by atoms with Crippen molar-refractivity contribution in [3.8, 4) is 5.75 Å². The zero-order valence-electron chi connectivity index (χ0n) is 13.9. The van der Waals surface area contributed by atoms with Crippen LogP contribution < -0.4 is 10.2 Å². The fourth-order valence-corrected chi connectivity index (χ4v) is 3.94. The molecule has 138 valence electrons. The number of carbonyl (C=O) groups is 3. The van der Waals surface area contributed by atoms with Crippen LogP contribution in [0.25, 0.3) is 0 Å². The predicted octanol–water partition coefficient (Wildman–Crippen LogP) is 1.43. The lowest BCUT2D eigenvalue weighted by Gasteiger charge is -2.22. The highest BCUT2D eigenvalue weighted by molar-refractivity contribution is 6.23. The zero-order valence-corrected chi connectivity index (χ0v) is 13.9. The van der Waals surface area contributed by atoms with Gasteiger partial charge in [-0.2, -0.15) is 0 Å². The molecule has 2 aromatic carbocycles. The highest BCUT2D eigenvalue weighted by atomic mass is 19.1. The van der Waals surface area contributed by atoms with E-state index in [2.05, 4.69) is 5.32 Å². The van der Waals surface area contributed by atoms with Gasteiger partial charge in [-0.3, -0.25) is 19.7 Å². The number of carbonyl (C=O) groups excluding carboxylic acids is 2. The molecule has 0 saturated carbocycles. The van der Waals surface area contributed by atoms with Crippen LogP contribution in [0.4, 0.5) is 10.1 Å². The van der Waals surface area contributed by atoms with E-state index in [0.29, 0.717) is 5.56 Å². The monoisotopic (exact) mass is 370 g/mol. The molecule has 2 heterocycles. The second kappa shape index (κ2) is 6.17. The molecule has 3 N–H and O–H groups in total. The van der Waals surface area contributed by atoms with Crippen molar-refractivity contribution in [3.05, 3.63) is 59.9 Å². The standard InChI is InChI=1S/C19H15FN2O5/c20-9-4-3-5-10(8-9)22-17(24)13-14(18(22)25)16(19(26)27)21-15(13)11-6-1-2-7-12(11)23/h1-8,13-16,21,23H,(H,26,27)/t13-,14-,15-,16-/m1/s1. The smallest absolute Gasteiger partial charge is 0.321 e. The van der Waals surface area contributed by atoms with Crippen molar-refractivity contribution in [2.45, 2.75) is 12.1 Å². The lowest BCUT2D eigenvalue weighted by atomic mass is 9.86. The fourth-order valence-electron chi connectivity index (χ4n) is 3.94. The number of rotatable bonds is 3. The number of nitrogens with one attached hydrogen (secondary N) is 1. The summed E-state index contributed by atoms with van der Waals surface area (Å²) in [7, 11) is 0. The molecule has 2 aromatic rings. The zero-order chi connectivity index (χ0) is 19.3. The van der Waals surface area contributed by atoms with Gasteiger partial charge in [0.25, 0.3) is 0 Å². The third kappa shape index (κ3) is 2.57. The number of carboxylic acid groups (broad SMARTS) is 1. The van der Waals surface area contributed by atoms with Gasteiger partial charge in [0.05, 0.1) is 17.5 Å². The molecule has 4 atom stereocenters. The topological polar surface area (TPSA) is 107 Å². The molecule has 2 aliphatic heterocycles. The van der Waals surface area contributed by atoms with E-state index in [0.717, 1.165) is 11.0 Å². The average Bonchev–Trinajstić information content (AvgIpc) is 3.13. The van der Waals surface area contributed by atoms with E-state index in [1.807, 2.05) is 0 Å². The van der Waals surface area contributed by atoms with Crippen LogP contribution in [0.15, 0.2) is 48.5 Å². The molecule has 2 fully saturated rings. The Morgan fingerprint density at radius 3 is 2.41 bits per heavy atom. The average molecular weight is 370 g/mol. The van der Waals surface area contributed by atoms with Crippen molar-refractivity contribution in [2.24, 2.45) is 11.8 Å². The Bertz CT molecular complexity index is 963. The number of hydrogen-bond acceptors (Lipinski definition) is 5. The minimum absolute atomic E-state index is 0.0552. The lowest BCUT2D eigenvalue weighted by molar-refractivity contribution is -0.142. The molecule has 27 heavy (non-hydrogen) atoms.